The fourth-order valence-electron chi connectivity index (χ4n) is 3.23. The molecule has 1 fully saturated rings. The molecule has 2 N–H and O–H groups in total. The van der Waals surface area contributed by atoms with Crippen LogP contribution < -0.4 is 10.6 Å². The molecule has 7 nitrogen and oxygen atoms in total. The van der Waals surface area contributed by atoms with Gasteiger partial charge in [0.05, 0.1) is 13.2 Å². The van der Waals surface area contributed by atoms with Crippen LogP contribution >= 0.6 is 0 Å². The number of ether oxygens (including phenoxy) is 1. The molecule has 0 aliphatic carbocycles. The fourth-order valence-corrected chi connectivity index (χ4v) is 3.23. The summed E-state index contributed by atoms with van der Waals surface area (Å²) in [5.41, 5.74) is 3.75. The van der Waals surface area contributed by atoms with Crippen molar-refractivity contribution in [2.75, 3.05) is 44.7 Å². The van der Waals surface area contributed by atoms with Gasteiger partial charge < -0.3 is 15.4 Å². The third-order valence-electron chi connectivity index (χ3n) is 4.89. The number of hydrogen-bond donors (Lipinski definition) is 2. The van der Waals surface area contributed by atoms with Gasteiger partial charge in [-0.15, -0.1) is 10.2 Å². The monoisotopic (exact) mass is 383 g/mol. The SMILES string of the molecule is Cc1cccc(C(C)C)c1Nc1ccc(C(=O)NCCN2CCOCC2)nn1. The van der Waals surface area contributed by atoms with Gasteiger partial charge in [-0.05, 0) is 36.1 Å². The Morgan fingerprint density at radius 2 is 1.96 bits per heavy atom. The van der Waals surface area contributed by atoms with Crippen molar-refractivity contribution in [1.82, 2.24) is 20.4 Å². The molecule has 0 radical (unpaired) electrons. The van der Waals surface area contributed by atoms with Crippen molar-refractivity contribution in [2.24, 2.45) is 0 Å². The molecule has 1 aromatic heterocycles. The number of hydrogen-bond acceptors (Lipinski definition) is 6. The third kappa shape index (κ3) is 5.27. The fraction of sp³-hybridized carbons (Fsp3) is 0.476. The summed E-state index contributed by atoms with van der Waals surface area (Å²) in [5, 5.41) is 14.5. The Hall–Kier alpha value is -2.51. The highest BCUT2D eigenvalue weighted by atomic mass is 16.5. The van der Waals surface area contributed by atoms with E-state index in [-0.39, 0.29) is 5.91 Å². The molecule has 1 aliphatic rings. The quantitative estimate of drug-likeness (QED) is 0.765. The highest BCUT2D eigenvalue weighted by molar-refractivity contribution is 5.92. The molecule has 0 unspecified atom stereocenters. The van der Waals surface area contributed by atoms with Gasteiger partial charge in [0.25, 0.3) is 5.91 Å². The Balaban J connectivity index is 1.57. The number of morpholine rings is 1. The first-order chi connectivity index (χ1) is 13.5. The molecular weight excluding hydrogens is 354 g/mol. The van der Waals surface area contributed by atoms with Gasteiger partial charge in [-0.1, -0.05) is 32.0 Å². The van der Waals surface area contributed by atoms with E-state index in [1.807, 2.05) is 0 Å². The maximum absolute atomic E-state index is 12.3. The molecule has 1 amide bonds. The molecule has 0 bridgehead atoms. The zero-order chi connectivity index (χ0) is 19.9. The van der Waals surface area contributed by atoms with Crippen LogP contribution in [0.1, 0.15) is 41.4 Å². The largest absolute Gasteiger partial charge is 0.379 e. The minimum absolute atomic E-state index is 0.203. The summed E-state index contributed by atoms with van der Waals surface area (Å²) in [7, 11) is 0. The first-order valence-electron chi connectivity index (χ1n) is 9.83. The number of para-hydroxylation sites is 1. The minimum Gasteiger partial charge on any atom is -0.379 e. The lowest BCUT2D eigenvalue weighted by Gasteiger charge is -2.26. The Morgan fingerprint density at radius 1 is 1.18 bits per heavy atom. The number of carbonyl (C=O) groups is 1. The molecule has 0 saturated carbocycles. The van der Waals surface area contributed by atoms with Gasteiger partial charge >= 0.3 is 0 Å². The van der Waals surface area contributed by atoms with E-state index in [1.165, 1.54) is 5.56 Å². The molecule has 2 heterocycles. The van der Waals surface area contributed by atoms with Gasteiger partial charge in [0.1, 0.15) is 0 Å². The van der Waals surface area contributed by atoms with E-state index in [4.69, 9.17) is 4.74 Å². The van der Waals surface area contributed by atoms with E-state index in [0.717, 1.165) is 44.1 Å². The summed E-state index contributed by atoms with van der Waals surface area (Å²) in [5.74, 6) is 0.819. The average molecular weight is 383 g/mol. The Labute approximate surface area is 166 Å². The average Bonchev–Trinajstić information content (AvgIpc) is 2.70. The van der Waals surface area contributed by atoms with Crippen molar-refractivity contribution in [3.05, 3.63) is 47.2 Å². The molecule has 1 aliphatic heterocycles. The lowest BCUT2D eigenvalue weighted by molar-refractivity contribution is 0.0383. The second-order valence-electron chi connectivity index (χ2n) is 7.33. The van der Waals surface area contributed by atoms with Crippen molar-refractivity contribution >= 4 is 17.4 Å². The number of nitrogens with zero attached hydrogens (tertiary/aromatic N) is 3. The first-order valence-corrected chi connectivity index (χ1v) is 9.83. The first kappa shape index (κ1) is 20.2. The molecule has 7 heteroatoms. The van der Waals surface area contributed by atoms with Gasteiger partial charge in [-0.2, -0.15) is 0 Å². The van der Waals surface area contributed by atoms with Gasteiger partial charge in [0.2, 0.25) is 0 Å². The van der Waals surface area contributed by atoms with Crippen LogP contribution in [0.5, 0.6) is 0 Å². The van der Waals surface area contributed by atoms with Crippen LogP contribution in [0.4, 0.5) is 11.5 Å². The number of nitrogens with one attached hydrogen (secondary N) is 2. The van der Waals surface area contributed by atoms with Crippen molar-refractivity contribution in [1.29, 1.82) is 0 Å². The van der Waals surface area contributed by atoms with Crippen LogP contribution in [0.15, 0.2) is 30.3 Å². The predicted molar refractivity (Wildman–Crippen MR) is 110 cm³/mol. The molecule has 1 saturated heterocycles. The van der Waals surface area contributed by atoms with Gasteiger partial charge in [0, 0.05) is 31.9 Å². The minimum atomic E-state index is -0.203. The zero-order valence-electron chi connectivity index (χ0n) is 16.9. The van der Waals surface area contributed by atoms with Gasteiger partial charge in [0.15, 0.2) is 11.5 Å². The normalized spacial score (nSPS) is 14.9. The molecule has 3 rings (SSSR count). The van der Waals surface area contributed by atoms with E-state index >= 15 is 0 Å². The Morgan fingerprint density at radius 3 is 2.64 bits per heavy atom. The Bertz CT molecular complexity index is 786. The highest BCUT2D eigenvalue weighted by Crippen LogP contribution is 2.29. The Kier molecular flexibility index (Phi) is 6.95. The smallest absolute Gasteiger partial charge is 0.271 e. The predicted octanol–water partition coefficient (Wildman–Crippen LogP) is 2.71. The second-order valence-corrected chi connectivity index (χ2v) is 7.33. The number of carbonyl (C=O) groups excluding carboxylic acids is 1. The summed E-state index contributed by atoms with van der Waals surface area (Å²) in [6, 6.07) is 9.74. The van der Waals surface area contributed by atoms with Crippen LogP contribution in [0.3, 0.4) is 0 Å². The van der Waals surface area contributed by atoms with Gasteiger partial charge in [-0.25, -0.2) is 0 Å². The number of benzene rings is 1. The molecule has 0 spiro atoms. The van der Waals surface area contributed by atoms with E-state index in [1.54, 1.807) is 12.1 Å². The third-order valence-corrected chi connectivity index (χ3v) is 4.89. The summed E-state index contributed by atoms with van der Waals surface area (Å²) < 4.78 is 5.32. The lowest BCUT2D eigenvalue weighted by atomic mass is 9.98. The number of aryl methyl sites for hydroxylation is 1. The van der Waals surface area contributed by atoms with Crippen LogP contribution in [-0.4, -0.2) is 60.4 Å². The highest BCUT2D eigenvalue weighted by Gasteiger charge is 2.13. The molecule has 1 aromatic carbocycles. The second kappa shape index (κ2) is 9.61. The van der Waals surface area contributed by atoms with Gasteiger partial charge in [-0.3, -0.25) is 9.69 Å². The number of amides is 1. The van der Waals surface area contributed by atoms with Crippen molar-refractivity contribution in [2.45, 2.75) is 26.7 Å². The van der Waals surface area contributed by atoms with E-state index in [9.17, 15) is 4.79 Å². The summed E-state index contributed by atoms with van der Waals surface area (Å²) in [6.45, 7) is 11.1. The molecule has 28 heavy (non-hydrogen) atoms. The maximum atomic E-state index is 12.3. The summed E-state index contributed by atoms with van der Waals surface area (Å²) in [6.07, 6.45) is 0. The topological polar surface area (TPSA) is 79.4 Å². The van der Waals surface area contributed by atoms with Crippen LogP contribution in [0.25, 0.3) is 0 Å². The van der Waals surface area contributed by atoms with Crippen molar-refractivity contribution < 1.29 is 9.53 Å². The van der Waals surface area contributed by atoms with Crippen molar-refractivity contribution in [3.63, 3.8) is 0 Å². The van der Waals surface area contributed by atoms with Crippen LogP contribution in [-0.2, 0) is 4.74 Å². The maximum Gasteiger partial charge on any atom is 0.271 e. The van der Waals surface area contributed by atoms with E-state index in [2.05, 4.69) is 64.7 Å². The number of anilines is 2. The van der Waals surface area contributed by atoms with Crippen molar-refractivity contribution in [3.8, 4) is 0 Å². The number of rotatable bonds is 7. The molecule has 150 valence electrons. The summed E-state index contributed by atoms with van der Waals surface area (Å²) in [4.78, 5) is 14.6. The van der Waals surface area contributed by atoms with Crippen LogP contribution in [0, 0.1) is 6.92 Å². The van der Waals surface area contributed by atoms with Crippen LogP contribution in [0.2, 0.25) is 0 Å². The number of aromatic nitrogens is 2. The molecule has 2 aromatic rings. The summed E-state index contributed by atoms with van der Waals surface area (Å²) >= 11 is 0. The zero-order valence-corrected chi connectivity index (χ0v) is 16.9. The molecular formula is C21H29N5O2. The lowest BCUT2D eigenvalue weighted by Crippen LogP contribution is -2.41. The van der Waals surface area contributed by atoms with E-state index in [0.29, 0.717) is 24.0 Å². The van der Waals surface area contributed by atoms with E-state index < -0.39 is 0 Å². The molecule has 0 atom stereocenters. The standard InChI is InChI=1S/C21H29N5O2/c1-15(2)17-6-4-5-16(3)20(17)23-19-8-7-18(24-25-19)21(27)22-9-10-26-11-13-28-14-12-26/h4-8,15H,9-14H2,1-3H3,(H,22,27)(H,23,25).